The van der Waals surface area contributed by atoms with Crippen LogP contribution in [0.25, 0.3) is 0 Å². The van der Waals surface area contributed by atoms with E-state index in [1.807, 2.05) is 0 Å². The minimum absolute atomic E-state index is 1.13. The average Bonchev–Trinajstić information content (AvgIpc) is 2.14. The summed E-state index contributed by atoms with van der Waals surface area (Å²) in [4.78, 5) is 2.52. The van der Waals surface area contributed by atoms with Crippen LogP contribution in [0.3, 0.4) is 0 Å². The fourth-order valence-corrected chi connectivity index (χ4v) is 1.57. The molecule has 0 aromatic rings. The predicted molar refractivity (Wildman–Crippen MR) is 53.0 cm³/mol. The van der Waals surface area contributed by atoms with Crippen LogP contribution in [0.15, 0.2) is 6.08 Å². The van der Waals surface area contributed by atoms with Crippen molar-refractivity contribution in [1.29, 1.82) is 0 Å². The van der Waals surface area contributed by atoms with Crippen molar-refractivity contribution in [2.75, 3.05) is 19.6 Å². The molecular formula is C11H20N. The van der Waals surface area contributed by atoms with Gasteiger partial charge in [-0.15, -0.1) is 0 Å². The second-order valence-corrected chi connectivity index (χ2v) is 3.52. The first-order valence-electron chi connectivity index (χ1n) is 5.21. The van der Waals surface area contributed by atoms with Crippen LogP contribution in [0.2, 0.25) is 0 Å². The van der Waals surface area contributed by atoms with Gasteiger partial charge in [-0.25, -0.2) is 0 Å². The maximum atomic E-state index is 3.25. The van der Waals surface area contributed by atoms with Gasteiger partial charge in [-0.2, -0.15) is 0 Å². The Morgan fingerprint density at radius 1 is 1.33 bits per heavy atom. The Bertz CT molecular complexity index is 129. The summed E-state index contributed by atoms with van der Waals surface area (Å²) in [5, 5.41) is 0. The Kier molecular flexibility index (Phi) is 5.09. The second-order valence-electron chi connectivity index (χ2n) is 3.52. The highest BCUT2D eigenvalue weighted by molar-refractivity contribution is 4.84. The summed E-state index contributed by atoms with van der Waals surface area (Å²) in [7, 11) is 0. The van der Waals surface area contributed by atoms with Crippen molar-refractivity contribution >= 4 is 0 Å². The zero-order valence-electron chi connectivity index (χ0n) is 8.18. The fourth-order valence-electron chi connectivity index (χ4n) is 1.57. The van der Waals surface area contributed by atoms with E-state index >= 15 is 0 Å². The minimum Gasteiger partial charge on any atom is -0.299 e. The molecule has 12 heavy (non-hydrogen) atoms. The van der Waals surface area contributed by atoms with Crippen molar-refractivity contribution in [2.24, 2.45) is 0 Å². The third-order valence-electron chi connectivity index (χ3n) is 2.39. The zero-order chi connectivity index (χ0) is 8.65. The molecule has 0 bridgehead atoms. The van der Waals surface area contributed by atoms with Crippen LogP contribution in [-0.2, 0) is 0 Å². The molecule has 0 saturated heterocycles. The molecule has 1 heteroatoms. The highest BCUT2D eigenvalue weighted by atomic mass is 15.1. The number of hydrogen-bond donors (Lipinski definition) is 0. The summed E-state index contributed by atoms with van der Waals surface area (Å²) in [6.45, 7) is 5.91. The number of rotatable bonds is 5. The van der Waals surface area contributed by atoms with Gasteiger partial charge in [0.15, 0.2) is 0 Å². The fraction of sp³-hybridized carbons (Fsp3) is 0.818. The zero-order valence-corrected chi connectivity index (χ0v) is 8.18. The minimum atomic E-state index is 1.13. The lowest BCUT2D eigenvalue weighted by atomic mass is 10.2. The first-order chi connectivity index (χ1) is 5.93. The van der Waals surface area contributed by atoms with Crippen molar-refractivity contribution < 1.29 is 0 Å². The van der Waals surface area contributed by atoms with Gasteiger partial charge in [0.25, 0.3) is 0 Å². The second kappa shape index (κ2) is 6.24. The molecule has 1 heterocycles. The molecule has 0 saturated carbocycles. The van der Waals surface area contributed by atoms with Gasteiger partial charge in [0.1, 0.15) is 0 Å². The van der Waals surface area contributed by atoms with E-state index in [2.05, 4.69) is 24.0 Å². The third kappa shape index (κ3) is 3.91. The Morgan fingerprint density at radius 2 is 2.25 bits per heavy atom. The van der Waals surface area contributed by atoms with Gasteiger partial charge < -0.3 is 0 Å². The Morgan fingerprint density at radius 3 is 2.92 bits per heavy atom. The summed E-state index contributed by atoms with van der Waals surface area (Å²) >= 11 is 0. The van der Waals surface area contributed by atoms with E-state index in [4.69, 9.17) is 0 Å². The molecule has 0 amide bonds. The highest BCUT2D eigenvalue weighted by Crippen LogP contribution is 2.04. The molecule has 1 radical (unpaired) electrons. The van der Waals surface area contributed by atoms with Gasteiger partial charge in [-0.05, 0) is 25.5 Å². The molecule has 1 nitrogen and oxygen atoms in total. The molecule has 0 N–H and O–H groups in total. The molecule has 1 rings (SSSR count). The van der Waals surface area contributed by atoms with E-state index < -0.39 is 0 Å². The lowest BCUT2D eigenvalue weighted by Crippen LogP contribution is -2.28. The third-order valence-corrected chi connectivity index (χ3v) is 2.39. The van der Waals surface area contributed by atoms with Crippen LogP contribution in [0.5, 0.6) is 0 Å². The molecule has 69 valence electrons. The van der Waals surface area contributed by atoms with Gasteiger partial charge in [0.05, 0.1) is 0 Å². The van der Waals surface area contributed by atoms with Crippen LogP contribution in [0.1, 0.15) is 39.0 Å². The lowest BCUT2D eigenvalue weighted by molar-refractivity contribution is 0.288. The quantitative estimate of drug-likeness (QED) is 0.567. The SMILES string of the molecule is CCCCCCN1CC=[C]CC1. The molecule has 0 fully saturated rings. The van der Waals surface area contributed by atoms with E-state index in [-0.39, 0.29) is 0 Å². The molecule has 0 unspecified atom stereocenters. The van der Waals surface area contributed by atoms with E-state index in [1.165, 1.54) is 38.8 Å². The van der Waals surface area contributed by atoms with Crippen LogP contribution in [-0.4, -0.2) is 24.5 Å². The van der Waals surface area contributed by atoms with Crippen molar-refractivity contribution in [3.05, 3.63) is 12.2 Å². The van der Waals surface area contributed by atoms with Gasteiger partial charge in [0, 0.05) is 13.1 Å². The summed E-state index contributed by atoms with van der Waals surface area (Å²) in [5.74, 6) is 0. The van der Waals surface area contributed by atoms with E-state index in [0.29, 0.717) is 0 Å². The van der Waals surface area contributed by atoms with Crippen LogP contribution < -0.4 is 0 Å². The van der Waals surface area contributed by atoms with Crippen molar-refractivity contribution in [1.82, 2.24) is 4.90 Å². The van der Waals surface area contributed by atoms with Crippen LogP contribution >= 0.6 is 0 Å². The smallest absolute Gasteiger partial charge is 0.0169 e. The summed E-state index contributed by atoms with van der Waals surface area (Å²) in [5.41, 5.74) is 0. The number of hydrogen-bond acceptors (Lipinski definition) is 1. The summed E-state index contributed by atoms with van der Waals surface area (Å²) < 4.78 is 0. The van der Waals surface area contributed by atoms with Gasteiger partial charge in [-0.1, -0.05) is 32.3 Å². The van der Waals surface area contributed by atoms with E-state index in [0.717, 1.165) is 13.0 Å². The molecular weight excluding hydrogens is 146 g/mol. The first kappa shape index (κ1) is 9.79. The monoisotopic (exact) mass is 166 g/mol. The van der Waals surface area contributed by atoms with Crippen molar-refractivity contribution in [3.63, 3.8) is 0 Å². The predicted octanol–water partition coefficient (Wildman–Crippen LogP) is 2.63. The molecule has 0 atom stereocenters. The normalized spacial score (nSPS) is 18.4. The van der Waals surface area contributed by atoms with Crippen LogP contribution in [0, 0.1) is 6.08 Å². The van der Waals surface area contributed by atoms with E-state index in [9.17, 15) is 0 Å². The largest absolute Gasteiger partial charge is 0.299 e. The Labute approximate surface area is 76.5 Å². The first-order valence-corrected chi connectivity index (χ1v) is 5.21. The molecule has 0 aromatic carbocycles. The lowest BCUT2D eigenvalue weighted by Gasteiger charge is -2.22. The topological polar surface area (TPSA) is 3.24 Å². The van der Waals surface area contributed by atoms with Crippen molar-refractivity contribution in [2.45, 2.75) is 39.0 Å². The number of unbranched alkanes of at least 4 members (excludes halogenated alkanes) is 3. The van der Waals surface area contributed by atoms with Crippen molar-refractivity contribution in [3.8, 4) is 0 Å². The van der Waals surface area contributed by atoms with Gasteiger partial charge in [0.2, 0.25) is 0 Å². The van der Waals surface area contributed by atoms with E-state index in [1.54, 1.807) is 0 Å². The number of nitrogens with zero attached hydrogens (tertiary/aromatic N) is 1. The average molecular weight is 166 g/mol. The maximum absolute atomic E-state index is 3.25. The van der Waals surface area contributed by atoms with Crippen LogP contribution in [0.4, 0.5) is 0 Å². The summed E-state index contributed by atoms with van der Waals surface area (Å²) in [6.07, 6.45) is 12.1. The maximum Gasteiger partial charge on any atom is 0.0169 e. The molecule has 0 aliphatic carbocycles. The molecule has 0 spiro atoms. The Hall–Kier alpha value is -0.300. The van der Waals surface area contributed by atoms with Gasteiger partial charge >= 0.3 is 0 Å². The highest BCUT2D eigenvalue weighted by Gasteiger charge is 2.04. The molecule has 1 aliphatic rings. The summed E-state index contributed by atoms with van der Waals surface area (Å²) in [6, 6.07) is 0. The van der Waals surface area contributed by atoms with Gasteiger partial charge in [-0.3, -0.25) is 4.90 Å². The standard InChI is InChI=1S/C11H20N/c1-2-3-4-6-9-12-10-7-5-8-11-12/h7H,2-4,6,8-11H2,1H3. The Balaban J connectivity index is 1.95. The molecule has 1 aliphatic heterocycles. The molecule has 0 aromatic heterocycles.